The van der Waals surface area contributed by atoms with Crippen molar-refractivity contribution in [2.45, 2.75) is 37.8 Å². The number of rotatable bonds is 6. The topological polar surface area (TPSA) is 49.4 Å². The number of aryl methyl sites for hydroxylation is 1. The Labute approximate surface area is 132 Å². The van der Waals surface area contributed by atoms with Crippen LogP contribution in [-0.4, -0.2) is 38.9 Å². The van der Waals surface area contributed by atoms with Gasteiger partial charge in [-0.05, 0) is 56.8 Å². The van der Waals surface area contributed by atoms with Gasteiger partial charge in [-0.3, -0.25) is 0 Å². The van der Waals surface area contributed by atoms with E-state index in [2.05, 4.69) is 19.2 Å². The van der Waals surface area contributed by atoms with Crippen LogP contribution in [0.25, 0.3) is 0 Å². The third-order valence-electron chi connectivity index (χ3n) is 3.87. The van der Waals surface area contributed by atoms with E-state index in [1.54, 1.807) is 10.4 Å². The van der Waals surface area contributed by atoms with Gasteiger partial charge >= 0.3 is 0 Å². The molecule has 2 heterocycles. The molecule has 1 aromatic rings. The van der Waals surface area contributed by atoms with Gasteiger partial charge in [0.05, 0.1) is 0 Å². The molecule has 0 spiro atoms. The molecule has 1 aromatic heterocycles. The number of hydrogen-bond acceptors (Lipinski definition) is 4. The lowest BCUT2D eigenvalue weighted by molar-refractivity contribution is 0.266. The van der Waals surface area contributed by atoms with Crippen molar-refractivity contribution in [3.05, 3.63) is 17.0 Å². The van der Waals surface area contributed by atoms with Gasteiger partial charge in [0.15, 0.2) is 0 Å². The fourth-order valence-electron chi connectivity index (χ4n) is 2.61. The number of nitrogens with zero attached hydrogens (tertiary/aromatic N) is 1. The first-order valence-electron chi connectivity index (χ1n) is 7.67. The molecule has 0 bridgehead atoms. The number of piperidine rings is 1. The molecule has 1 fully saturated rings. The molecule has 6 heteroatoms. The molecule has 1 saturated heterocycles. The summed E-state index contributed by atoms with van der Waals surface area (Å²) in [6.45, 7) is 9.67. The summed E-state index contributed by atoms with van der Waals surface area (Å²) in [7, 11) is -3.27. The number of sulfonamides is 1. The highest BCUT2D eigenvalue weighted by Crippen LogP contribution is 2.27. The summed E-state index contributed by atoms with van der Waals surface area (Å²) >= 11 is 1.36. The quantitative estimate of drug-likeness (QED) is 0.872. The van der Waals surface area contributed by atoms with Gasteiger partial charge in [0.25, 0.3) is 10.0 Å². The fraction of sp³-hybridized carbons (Fsp3) is 0.733. The van der Waals surface area contributed by atoms with E-state index in [1.807, 2.05) is 13.0 Å². The van der Waals surface area contributed by atoms with E-state index >= 15 is 0 Å². The van der Waals surface area contributed by atoms with Gasteiger partial charge < -0.3 is 5.32 Å². The van der Waals surface area contributed by atoms with Crippen LogP contribution in [0, 0.1) is 18.8 Å². The van der Waals surface area contributed by atoms with Gasteiger partial charge in [-0.25, -0.2) is 8.42 Å². The van der Waals surface area contributed by atoms with E-state index < -0.39 is 10.0 Å². The fourth-order valence-corrected chi connectivity index (χ4v) is 5.52. The first-order chi connectivity index (χ1) is 9.89. The van der Waals surface area contributed by atoms with Crippen LogP contribution in [0.2, 0.25) is 0 Å². The zero-order valence-electron chi connectivity index (χ0n) is 13.1. The predicted molar refractivity (Wildman–Crippen MR) is 88.2 cm³/mol. The van der Waals surface area contributed by atoms with E-state index in [0.717, 1.165) is 30.8 Å². The summed E-state index contributed by atoms with van der Waals surface area (Å²) in [4.78, 5) is 1.04. The van der Waals surface area contributed by atoms with Crippen LogP contribution >= 0.6 is 11.3 Å². The van der Waals surface area contributed by atoms with Gasteiger partial charge in [0.2, 0.25) is 0 Å². The SMILES string of the molecule is Cc1ccc(S(=O)(=O)N2CCC(CNCC(C)C)CC2)s1. The monoisotopic (exact) mass is 330 g/mol. The third-order valence-corrected chi connectivity index (χ3v) is 7.24. The molecule has 21 heavy (non-hydrogen) atoms. The normalized spacial score (nSPS) is 18.5. The van der Waals surface area contributed by atoms with Crippen molar-refractivity contribution in [1.29, 1.82) is 0 Å². The van der Waals surface area contributed by atoms with Gasteiger partial charge in [-0.2, -0.15) is 4.31 Å². The molecule has 0 atom stereocenters. The van der Waals surface area contributed by atoms with Crippen LogP contribution in [0.3, 0.4) is 0 Å². The van der Waals surface area contributed by atoms with E-state index in [1.165, 1.54) is 11.3 Å². The Morgan fingerprint density at radius 3 is 2.52 bits per heavy atom. The Hall–Kier alpha value is -0.430. The summed E-state index contributed by atoms with van der Waals surface area (Å²) in [5.41, 5.74) is 0. The molecule has 0 radical (unpaired) electrons. The molecule has 1 N–H and O–H groups in total. The Balaban J connectivity index is 1.86. The van der Waals surface area contributed by atoms with E-state index in [4.69, 9.17) is 0 Å². The second kappa shape index (κ2) is 7.22. The van der Waals surface area contributed by atoms with Gasteiger partial charge in [0.1, 0.15) is 4.21 Å². The molecule has 0 aromatic carbocycles. The Kier molecular flexibility index (Phi) is 5.82. The lowest BCUT2D eigenvalue weighted by Gasteiger charge is -2.31. The van der Waals surface area contributed by atoms with Crippen molar-refractivity contribution in [3.63, 3.8) is 0 Å². The second-order valence-corrected chi connectivity index (χ2v) is 9.72. The number of hydrogen-bond donors (Lipinski definition) is 1. The van der Waals surface area contributed by atoms with Crippen molar-refractivity contribution in [2.75, 3.05) is 26.2 Å². The average molecular weight is 331 g/mol. The molecule has 0 unspecified atom stereocenters. The van der Waals surface area contributed by atoms with Crippen molar-refractivity contribution >= 4 is 21.4 Å². The maximum Gasteiger partial charge on any atom is 0.252 e. The summed E-state index contributed by atoms with van der Waals surface area (Å²) in [5, 5.41) is 3.48. The molecule has 0 saturated carbocycles. The van der Waals surface area contributed by atoms with Crippen LogP contribution < -0.4 is 5.32 Å². The first kappa shape index (κ1) is 16.9. The third kappa shape index (κ3) is 4.52. The van der Waals surface area contributed by atoms with Crippen LogP contribution in [0.5, 0.6) is 0 Å². The van der Waals surface area contributed by atoms with Crippen LogP contribution in [0.1, 0.15) is 31.6 Å². The highest BCUT2D eigenvalue weighted by molar-refractivity contribution is 7.91. The smallest absolute Gasteiger partial charge is 0.252 e. The lowest BCUT2D eigenvalue weighted by atomic mass is 9.98. The average Bonchev–Trinajstić information content (AvgIpc) is 2.86. The standard InChI is InChI=1S/C15H26N2O2S2/c1-12(2)10-16-11-14-6-8-17(9-7-14)21(18,19)15-5-4-13(3)20-15/h4-5,12,14,16H,6-11H2,1-3H3. The number of nitrogens with one attached hydrogen (secondary N) is 1. The second-order valence-electron chi connectivity index (χ2n) is 6.26. The van der Waals surface area contributed by atoms with Crippen LogP contribution in [0.15, 0.2) is 16.3 Å². The summed E-state index contributed by atoms with van der Waals surface area (Å²) < 4.78 is 27.2. The van der Waals surface area contributed by atoms with Crippen LogP contribution in [-0.2, 0) is 10.0 Å². The van der Waals surface area contributed by atoms with Crippen molar-refractivity contribution in [2.24, 2.45) is 11.8 Å². The van der Waals surface area contributed by atoms with Gasteiger partial charge in [-0.1, -0.05) is 13.8 Å². The molecular formula is C15H26N2O2S2. The van der Waals surface area contributed by atoms with E-state index in [9.17, 15) is 8.42 Å². The summed E-state index contributed by atoms with van der Waals surface area (Å²) in [6.07, 6.45) is 1.91. The Morgan fingerprint density at radius 1 is 1.33 bits per heavy atom. The maximum absolute atomic E-state index is 12.5. The van der Waals surface area contributed by atoms with E-state index in [-0.39, 0.29) is 0 Å². The molecule has 0 aliphatic carbocycles. The molecule has 1 aliphatic heterocycles. The molecule has 1 aliphatic rings. The summed E-state index contributed by atoms with van der Waals surface area (Å²) in [6, 6.07) is 3.60. The zero-order chi connectivity index (χ0) is 15.5. The highest BCUT2D eigenvalue weighted by Gasteiger charge is 2.30. The summed E-state index contributed by atoms with van der Waals surface area (Å²) in [5.74, 6) is 1.26. The van der Waals surface area contributed by atoms with E-state index in [0.29, 0.717) is 29.1 Å². The largest absolute Gasteiger partial charge is 0.316 e. The molecule has 4 nitrogen and oxygen atoms in total. The minimum Gasteiger partial charge on any atom is -0.316 e. The minimum absolute atomic E-state index is 0.483. The molecule has 0 amide bonds. The molecule has 120 valence electrons. The molecular weight excluding hydrogens is 304 g/mol. The maximum atomic E-state index is 12.5. The highest BCUT2D eigenvalue weighted by atomic mass is 32.2. The van der Waals surface area contributed by atoms with Crippen molar-refractivity contribution < 1.29 is 8.42 Å². The van der Waals surface area contributed by atoms with Crippen molar-refractivity contribution in [3.8, 4) is 0 Å². The van der Waals surface area contributed by atoms with Crippen molar-refractivity contribution in [1.82, 2.24) is 9.62 Å². The Bertz CT molecular complexity index is 544. The lowest BCUT2D eigenvalue weighted by Crippen LogP contribution is -2.40. The zero-order valence-corrected chi connectivity index (χ0v) is 14.8. The minimum atomic E-state index is -3.27. The van der Waals surface area contributed by atoms with Gasteiger partial charge in [-0.15, -0.1) is 11.3 Å². The first-order valence-corrected chi connectivity index (χ1v) is 9.92. The molecule has 2 rings (SSSR count). The van der Waals surface area contributed by atoms with Crippen LogP contribution in [0.4, 0.5) is 0 Å². The Morgan fingerprint density at radius 2 is 2.00 bits per heavy atom. The number of thiophene rings is 1. The van der Waals surface area contributed by atoms with Gasteiger partial charge in [0, 0.05) is 18.0 Å². The predicted octanol–water partition coefficient (Wildman–Crippen LogP) is 2.70.